The normalized spacial score (nSPS) is 10.8. The van der Waals surface area contributed by atoms with Crippen molar-refractivity contribution >= 4 is 23.2 Å². The largest absolute Gasteiger partial charge is 0.496 e. The van der Waals surface area contributed by atoms with Gasteiger partial charge in [-0.1, -0.05) is 29.8 Å². The molecule has 3 aromatic rings. The lowest BCUT2D eigenvalue weighted by Crippen LogP contribution is -2.09. The molecule has 3 rings (SSSR count). The maximum atomic E-state index is 6.13. The van der Waals surface area contributed by atoms with Gasteiger partial charge in [0, 0.05) is 17.7 Å². The Morgan fingerprint density at radius 1 is 1.33 bits per heavy atom. The molecule has 21 heavy (non-hydrogen) atoms. The number of ether oxygens (including phenoxy) is 1. The smallest absolute Gasteiger partial charge is 0.255 e. The first-order valence-corrected chi connectivity index (χ1v) is 6.80. The molecule has 0 amide bonds. The summed E-state index contributed by atoms with van der Waals surface area (Å²) in [4.78, 5) is 8.24. The molecule has 0 aliphatic rings. The molecule has 0 atom stereocenters. The SMILES string of the molecule is COc1ccccc1CNc1c(C)c(Cl)nc2ncnn12. The van der Waals surface area contributed by atoms with Gasteiger partial charge in [0.15, 0.2) is 0 Å². The predicted molar refractivity (Wildman–Crippen MR) is 80.8 cm³/mol. The van der Waals surface area contributed by atoms with Gasteiger partial charge in [0.05, 0.1) is 7.11 Å². The molecule has 0 aliphatic heterocycles. The Morgan fingerprint density at radius 3 is 2.95 bits per heavy atom. The summed E-state index contributed by atoms with van der Waals surface area (Å²) in [6.45, 7) is 2.47. The second kappa shape index (κ2) is 5.57. The van der Waals surface area contributed by atoms with Crippen LogP contribution in [0.1, 0.15) is 11.1 Å². The molecule has 2 heterocycles. The van der Waals surface area contributed by atoms with E-state index in [1.54, 1.807) is 11.6 Å². The van der Waals surface area contributed by atoms with Gasteiger partial charge >= 0.3 is 0 Å². The zero-order valence-corrected chi connectivity index (χ0v) is 12.4. The molecule has 0 saturated carbocycles. The van der Waals surface area contributed by atoms with Crippen LogP contribution in [0.15, 0.2) is 30.6 Å². The van der Waals surface area contributed by atoms with E-state index in [0.29, 0.717) is 17.5 Å². The van der Waals surface area contributed by atoms with Crippen LogP contribution in [0.4, 0.5) is 5.82 Å². The zero-order chi connectivity index (χ0) is 14.8. The molecule has 1 aromatic carbocycles. The van der Waals surface area contributed by atoms with Crippen molar-refractivity contribution in [1.29, 1.82) is 0 Å². The molecule has 1 N–H and O–H groups in total. The molecule has 0 spiro atoms. The minimum Gasteiger partial charge on any atom is -0.496 e. The number of fused-ring (bicyclic) bond motifs is 1. The fourth-order valence-electron chi connectivity index (χ4n) is 2.13. The van der Waals surface area contributed by atoms with Crippen LogP contribution in [-0.2, 0) is 6.54 Å². The molecule has 6 nitrogen and oxygen atoms in total. The van der Waals surface area contributed by atoms with Crippen molar-refractivity contribution in [2.24, 2.45) is 0 Å². The van der Waals surface area contributed by atoms with Crippen molar-refractivity contribution < 1.29 is 4.74 Å². The number of rotatable bonds is 4. The number of nitrogens with zero attached hydrogens (tertiary/aromatic N) is 4. The Labute approximate surface area is 126 Å². The lowest BCUT2D eigenvalue weighted by atomic mass is 10.2. The number of hydrogen-bond acceptors (Lipinski definition) is 5. The lowest BCUT2D eigenvalue weighted by molar-refractivity contribution is 0.410. The van der Waals surface area contributed by atoms with Crippen molar-refractivity contribution in [1.82, 2.24) is 19.6 Å². The zero-order valence-electron chi connectivity index (χ0n) is 11.7. The van der Waals surface area contributed by atoms with E-state index < -0.39 is 0 Å². The van der Waals surface area contributed by atoms with Gasteiger partial charge in [-0.25, -0.2) is 0 Å². The van der Waals surface area contributed by atoms with Gasteiger partial charge in [-0.3, -0.25) is 0 Å². The van der Waals surface area contributed by atoms with Crippen LogP contribution >= 0.6 is 11.6 Å². The average Bonchev–Trinajstić information content (AvgIpc) is 2.96. The molecular formula is C14H14ClN5O. The monoisotopic (exact) mass is 303 g/mol. The fraction of sp³-hybridized carbons (Fsp3) is 0.214. The van der Waals surface area contributed by atoms with E-state index in [0.717, 1.165) is 22.7 Å². The minimum absolute atomic E-state index is 0.415. The number of methoxy groups -OCH3 is 1. The molecule has 2 aromatic heterocycles. The summed E-state index contributed by atoms with van der Waals surface area (Å²) < 4.78 is 6.98. The highest BCUT2D eigenvalue weighted by molar-refractivity contribution is 6.30. The van der Waals surface area contributed by atoms with Crippen molar-refractivity contribution in [3.63, 3.8) is 0 Å². The summed E-state index contributed by atoms with van der Waals surface area (Å²) in [7, 11) is 1.66. The fourth-order valence-corrected chi connectivity index (χ4v) is 2.30. The average molecular weight is 304 g/mol. The van der Waals surface area contributed by atoms with Gasteiger partial charge in [-0.15, -0.1) is 0 Å². The third kappa shape index (κ3) is 2.50. The van der Waals surface area contributed by atoms with E-state index in [1.165, 1.54) is 6.33 Å². The van der Waals surface area contributed by atoms with Gasteiger partial charge in [0.25, 0.3) is 5.78 Å². The van der Waals surface area contributed by atoms with E-state index in [-0.39, 0.29) is 0 Å². The van der Waals surface area contributed by atoms with Crippen LogP contribution in [0.25, 0.3) is 5.78 Å². The molecule has 0 aliphatic carbocycles. The maximum Gasteiger partial charge on any atom is 0.255 e. The first-order valence-electron chi connectivity index (χ1n) is 6.42. The van der Waals surface area contributed by atoms with E-state index in [1.807, 2.05) is 31.2 Å². The Hall–Kier alpha value is -2.34. The highest BCUT2D eigenvalue weighted by Crippen LogP contribution is 2.24. The highest BCUT2D eigenvalue weighted by Gasteiger charge is 2.12. The molecule has 7 heteroatoms. The van der Waals surface area contributed by atoms with Crippen LogP contribution in [0, 0.1) is 6.92 Å². The standard InChI is InChI=1S/C14H14ClN5O/c1-9-12(15)19-14-17-8-18-20(14)13(9)16-7-10-5-3-4-6-11(10)21-2/h3-6,8,16H,7H2,1-2H3. The maximum absolute atomic E-state index is 6.13. The molecule has 0 bridgehead atoms. The number of aromatic nitrogens is 4. The molecule has 108 valence electrons. The van der Waals surface area contributed by atoms with Gasteiger partial charge in [0.1, 0.15) is 23.0 Å². The summed E-state index contributed by atoms with van der Waals surface area (Å²) >= 11 is 6.13. The highest BCUT2D eigenvalue weighted by atomic mass is 35.5. The van der Waals surface area contributed by atoms with E-state index in [2.05, 4.69) is 20.4 Å². The van der Waals surface area contributed by atoms with Gasteiger partial charge in [-0.05, 0) is 13.0 Å². The second-order valence-electron chi connectivity index (χ2n) is 4.51. The van der Waals surface area contributed by atoms with Crippen LogP contribution in [-0.4, -0.2) is 26.7 Å². The summed E-state index contributed by atoms with van der Waals surface area (Å²) in [6, 6.07) is 7.83. The Balaban J connectivity index is 1.95. The van der Waals surface area contributed by atoms with E-state index in [4.69, 9.17) is 16.3 Å². The third-order valence-electron chi connectivity index (χ3n) is 3.24. The summed E-state index contributed by atoms with van der Waals surface area (Å²) in [5, 5.41) is 7.91. The molecule has 0 unspecified atom stereocenters. The van der Waals surface area contributed by atoms with Crippen LogP contribution in [0.2, 0.25) is 5.15 Å². The number of benzene rings is 1. The number of anilines is 1. The molecule has 0 fully saturated rings. The Morgan fingerprint density at radius 2 is 2.14 bits per heavy atom. The van der Waals surface area contributed by atoms with Gasteiger partial charge in [-0.2, -0.15) is 19.6 Å². The third-order valence-corrected chi connectivity index (χ3v) is 3.61. The van der Waals surface area contributed by atoms with Crippen molar-refractivity contribution in [3.8, 4) is 5.75 Å². The van der Waals surface area contributed by atoms with E-state index in [9.17, 15) is 0 Å². The first kappa shape index (κ1) is 13.6. The van der Waals surface area contributed by atoms with Crippen LogP contribution in [0.3, 0.4) is 0 Å². The lowest BCUT2D eigenvalue weighted by Gasteiger charge is -2.13. The predicted octanol–water partition coefficient (Wildman–Crippen LogP) is 2.71. The number of halogens is 1. The minimum atomic E-state index is 0.415. The molecular weight excluding hydrogens is 290 g/mol. The molecule has 0 saturated heterocycles. The quantitative estimate of drug-likeness (QED) is 0.751. The Bertz CT molecular complexity index is 786. The van der Waals surface area contributed by atoms with Crippen molar-refractivity contribution in [2.45, 2.75) is 13.5 Å². The first-order chi connectivity index (χ1) is 10.2. The van der Waals surface area contributed by atoms with Crippen molar-refractivity contribution in [3.05, 3.63) is 46.9 Å². The second-order valence-corrected chi connectivity index (χ2v) is 4.87. The van der Waals surface area contributed by atoms with Crippen LogP contribution in [0.5, 0.6) is 5.75 Å². The number of nitrogens with one attached hydrogen (secondary N) is 1. The number of para-hydroxylation sites is 1. The van der Waals surface area contributed by atoms with Gasteiger partial charge < -0.3 is 10.1 Å². The van der Waals surface area contributed by atoms with E-state index >= 15 is 0 Å². The van der Waals surface area contributed by atoms with Crippen molar-refractivity contribution in [2.75, 3.05) is 12.4 Å². The summed E-state index contributed by atoms with van der Waals surface area (Å²) in [5.41, 5.74) is 1.87. The summed E-state index contributed by atoms with van der Waals surface area (Å²) in [6.07, 6.45) is 1.45. The topological polar surface area (TPSA) is 64.3 Å². The molecule has 0 radical (unpaired) electrons. The van der Waals surface area contributed by atoms with Crippen LogP contribution < -0.4 is 10.1 Å². The van der Waals surface area contributed by atoms with Gasteiger partial charge in [0.2, 0.25) is 0 Å². The number of hydrogen-bond donors (Lipinski definition) is 1. The summed E-state index contributed by atoms with van der Waals surface area (Å²) in [5.74, 6) is 2.07. The Kier molecular flexibility index (Phi) is 3.62.